The third-order valence-corrected chi connectivity index (χ3v) is 4.33. The Kier molecular flexibility index (Phi) is 3.39. The summed E-state index contributed by atoms with van der Waals surface area (Å²) in [5, 5.41) is 8.94. The molecule has 1 saturated carbocycles. The molecule has 1 aliphatic carbocycles. The van der Waals surface area contributed by atoms with Gasteiger partial charge in [0.1, 0.15) is 0 Å². The monoisotopic (exact) mass is 295 g/mol. The lowest BCUT2D eigenvalue weighted by atomic mass is 10.1. The topological polar surface area (TPSA) is 57.6 Å². The predicted octanol–water partition coefficient (Wildman–Crippen LogP) is 2.00. The molecule has 0 bridgehead atoms. The van der Waals surface area contributed by atoms with Crippen molar-refractivity contribution in [3.8, 4) is 0 Å². The van der Waals surface area contributed by atoms with E-state index >= 15 is 0 Å². The number of aliphatic carboxylic acids is 1. The maximum Gasteiger partial charge on any atom is 0.308 e. The second kappa shape index (κ2) is 5.09. The molecule has 1 aromatic carbocycles. The van der Waals surface area contributed by atoms with Crippen molar-refractivity contribution in [1.29, 1.82) is 0 Å². The molecule has 0 radical (unpaired) electrons. The fourth-order valence-corrected chi connectivity index (χ4v) is 2.98. The van der Waals surface area contributed by atoms with Gasteiger partial charge in [-0.25, -0.2) is 8.78 Å². The minimum Gasteiger partial charge on any atom is -0.481 e. The van der Waals surface area contributed by atoms with Crippen LogP contribution in [0.15, 0.2) is 18.2 Å². The van der Waals surface area contributed by atoms with Gasteiger partial charge in [0.25, 0.3) is 0 Å². The lowest BCUT2D eigenvalue weighted by molar-refractivity contribution is -0.141. The molecule has 21 heavy (non-hydrogen) atoms. The number of carbonyl (C=O) groups is 2. The molecule has 1 saturated heterocycles. The van der Waals surface area contributed by atoms with E-state index in [9.17, 15) is 18.4 Å². The zero-order valence-electron chi connectivity index (χ0n) is 11.3. The van der Waals surface area contributed by atoms with Crippen LogP contribution in [-0.4, -0.2) is 35.0 Å². The standard InChI is InChI=1S/C15H15F2NO3/c16-12-2-1-8(5-13(12)17)10-6-11(10)14(19)18-4-3-9(7-18)15(20)21/h1-2,5,9-11H,3-4,6-7H2,(H,20,21). The third-order valence-electron chi connectivity index (χ3n) is 4.33. The highest BCUT2D eigenvalue weighted by Crippen LogP contribution is 2.49. The number of carboxylic acid groups (broad SMARTS) is 1. The van der Waals surface area contributed by atoms with Crippen LogP contribution >= 0.6 is 0 Å². The van der Waals surface area contributed by atoms with Gasteiger partial charge in [0.05, 0.1) is 5.92 Å². The van der Waals surface area contributed by atoms with Crippen LogP contribution in [0.1, 0.15) is 24.3 Å². The molecule has 3 rings (SSSR count). The molecule has 2 aliphatic rings. The van der Waals surface area contributed by atoms with Crippen molar-refractivity contribution >= 4 is 11.9 Å². The van der Waals surface area contributed by atoms with Gasteiger partial charge in [-0.1, -0.05) is 6.07 Å². The van der Waals surface area contributed by atoms with Gasteiger partial charge in [-0.2, -0.15) is 0 Å². The van der Waals surface area contributed by atoms with Crippen LogP contribution in [-0.2, 0) is 9.59 Å². The summed E-state index contributed by atoms with van der Waals surface area (Å²) in [4.78, 5) is 24.7. The Balaban J connectivity index is 1.64. The first-order chi connectivity index (χ1) is 9.97. The van der Waals surface area contributed by atoms with E-state index < -0.39 is 23.5 Å². The molecule has 4 nitrogen and oxygen atoms in total. The summed E-state index contributed by atoms with van der Waals surface area (Å²) in [6.45, 7) is 0.700. The number of carboxylic acids is 1. The fraction of sp³-hybridized carbons (Fsp3) is 0.467. The Bertz CT molecular complexity index is 605. The van der Waals surface area contributed by atoms with Gasteiger partial charge < -0.3 is 10.0 Å². The Labute approximate surface area is 120 Å². The van der Waals surface area contributed by atoms with Crippen molar-refractivity contribution in [2.45, 2.75) is 18.8 Å². The Morgan fingerprint density at radius 1 is 1.24 bits per heavy atom. The predicted molar refractivity (Wildman–Crippen MR) is 69.5 cm³/mol. The van der Waals surface area contributed by atoms with Gasteiger partial charge in [0.15, 0.2) is 11.6 Å². The molecular formula is C15H15F2NO3. The van der Waals surface area contributed by atoms with E-state index in [1.807, 2.05) is 0 Å². The number of halogens is 2. The van der Waals surface area contributed by atoms with Gasteiger partial charge >= 0.3 is 5.97 Å². The van der Waals surface area contributed by atoms with Crippen LogP contribution in [0.4, 0.5) is 8.78 Å². The molecule has 3 unspecified atom stereocenters. The van der Waals surface area contributed by atoms with E-state index in [2.05, 4.69) is 0 Å². The van der Waals surface area contributed by atoms with E-state index in [0.717, 1.165) is 12.1 Å². The number of rotatable bonds is 3. The molecule has 1 aliphatic heterocycles. The van der Waals surface area contributed by atoms with Crippen molar-refractivity contribution < 1.29 is 23.5 Å². The van der Waals surface area contributed by atoms with Crippen LogP contribution in [0.3, 0.4) is 0 Å². The number of amides is 1. The number of carbonyl (C=O) groups excluding carboxylic acids is 1. The first-order valence-corrected chi connectivity index (χ1v) is 6.94. The van der Waals surface area contributed by atoms with Gasteiger partial charge in [0, 0.05) is 19.0 Å². The van der Waals surface area contributed by atoms with Crippen LogP contribution < -0.4 is 0 Å². The molecule has 2 fully saturated rings. The van der Waals surface area contributed by atoms with Crippen LogP contribution in [0, 0.1) is 23.5 Å². The Hall–Kier alpha value is -1.98. The first kappa shape index (κ1) is 14.0. The van der Waals surface area contributed by atoms with Crippen molar-refractivity contribution in [2.75, 3.05) is 13.1 Å². The van der Waals surface area contributed by atoms with Crippen molar-refractivity contribution in [2.24, 2.45) is 11.8 Å². The molecular weight excluding hydrogens is 280 g/mol. The lowest BCUT2D eigenvalue weighted by Crippen LogP contribution is -2.31. The fourth-order valence-electron chi connectivity index (χ4n) is 2.98. The van der Waals surface area contributed by atoms with Crippen molar-refractivity contribution in [3.63, 3.8) is 0 Å². The maximum atomic E-state index is 13.2. The summed E-state index contributed by atoms with van der Waals surface area (Å²) >= 11 is 0. The minimum absolute atomic E-state index is 0.0755. The summed E-state index contributed by atoms with van der Waals surface area (Å²) in [5.41, 5.74) is 0.626. The maximum absolute atomic E-state index is 13.2. The Morgan fingerprint density at radius 2 is 2.00 bits per heavy atom. The molecule has 6 heteroatoms. The SMILES string of the molecule is O=C(O)C1CCN(C(=O)C2CC2c2ccc(F)c(F)c2)C1. The van der Waals surface area contributed by atoms with Crippen LogP contribution in [0.25, 0.3) is 0 Å². The summed E-state index contributed by atoms with van der Waals surface area (Å²) < 4.78 is 26.1. The Morgan fingerprint density at radius 3 is 2.62 bits per heavy atom. The van der Waals surface area contributed by atoms with E-state index in [-0.39, 0.29) is 24.3 Å². The van der Waals surface area contributed by atoms with E-state index in [1.165, 1.54) is 6.07 Å². The molecule has 1 aromatic rings. The van der Waals surface area contributed by atoms with E-state index in [1.54, 1.807) is 4.90 Å². The molecule has 1 N–H and O–H groups in total. The highest BCUT2D eigenvalue weighted by Gasteiger charge is 2.47. The van der Waals surface area contributed by atoms with Gasteiger partial charge in [-0.05, 0) is 36.5 Å². The number of hydrogen-bond acceptors (Lipinski definition) is 2. The normalized spacial score (nSPS) is 27.7. The smallest absolute Gasteiger partial charge is 0.308 e. The van der Waals surface area contributed by atoms with E-state index in [4.69, 9.17) is 5.11 Å². The highest BCUT2D eigenvalue weighted by molar-refractivity contribution is 5.84. The summed E-state index contributed by atoms with van der Waals surface area (Å²) in [5.74, 6) is -3.57. The summed E-state index contributed by atoms with van der Waals surface area (Å²) in [7, 11) is 0. The summed E-state index contributed by atoms with van der Waals surface area (Å²) in [6.07, 6.45) is 1.09. The molecule has 1 heterocycles. The third kappa shape index (κ3) is 2.62. The van der Waals surface area contributed by atoms with Crippen molar-refractivity contribution in [3.05, 3.63) is 35.4 Å². The van der Waals surface area contributed by atoms with Gasteiger partial charge in [-0.15, -0.1) is 0 Å². The molecule has 0 aromatic heterocycles. The second-order valence-electron chi connectivity index (χ2n) is 5.73. The average molecular weight is 295 g/mol. The largest absolute Gasteiger partial charge is 0.481 e. The highest BCUT2D eigenvalue weighted by atomic mass is 19.2. The molecule has 3 atom stereocenters. The second-order valence-corrected chi connectivity index (χ2v) is 5.73. The lowest BCUT2D eigenvalue weighted by Gasteiger charge is -2.15. The van der Waals surface area contributed by atoms with Crippen LogP contribution in [0.2, 0.25) is 0 Å². The van der Waals surface area contributed by atoms with E-state index in [0.29, 0.717) is 24.9 Å². The minimum atomic E-state index is -0.905. The first-order valence-electron chi connectivity index (χ1n) is 6.94. The summed E-state index contributed by atoms with van der Waals surface area (Å²) in [6, 6.07) is 3.71. The number of hydrogen-bond donors (Lipinski definition) is 1. The zero-order valence-corrected chi connectivity index (χ0v) is 11.3. The van der Waals surface area contributed by atoms with Gasteiger partial charge in [0.2, 0.25) is 5.91 Å². The van der Waals surface area contributed by atoms with Crippen LogP contribution in [0.5, 0.6) is 0 Å². The zero-order chi connectivity index (χ0) is 15.1. The average Bonchev–Trinajstić information content (AvgIpc) is 3.08. The quantitative estimate of drug-likeness (QED) is 0.928. The number of likely N-dealkylation sites (tertiary alicyclic amines) is 1. The van der Waals surface area contributed by atoms with Gasteiger partial charge in [-0.3, -0.25) is 9.59 Å². The number of benzene rings is 1. The van der Waals surface area contributed by atoms with Crippen molar-refractivity contribution in [1.82, 2.24) is 4.90 Å². The molecule has 112 valence electrons. The molecule has 0 spiro atoms. The number of nitrogens with zero attached hydrogens (tertiary/aromatic N) is 1. The molecule has 1 amide bonds.